The smallest absolute Gasteiger partial charge is 0.180 e. The second-order valence-electron chi connectivity index (χ2n) is 7.43. The van der Waals surface area contributed by atoms with Crippen LogP contribution < -0.4 is 18.9 Å². The summed E-state index contributed by atoms with van der Waals surface area (Å²) in [6.45, 7) is 0.558. The molecule has 3 rings (SSSR count). The van der Waals surface area contributed by atoms with E-state index in [0.717, 1.165) is 22.6 Å². The number of halogens is 1. The van der Waals surface area contributed by atoms with E-state index in [9.17, 15) is 4.79 Å². The van der Waals surface area contributed by atoms with Gasteiger partial charge in [-0.1, -0.05) is 35.9 Å². The topological polar surface area (TPSA) is 66.4 Å². The number of methoxy groups -OCH3 is 2. The SMILES string of the molecule is CN=CCCC(=O)c1ccc(OCc2ccc(OC)cc2)c(OCc2ccc(OC)cc2)c1Cl. The van der Waals surface area contributed by atoms with Crippen LogP contribution in [-0.2, 0) is 13.2 Å². The van der Waals surface area contributed by atoms with Crippen LogP contribution in [0.4, 0.5) is 0 Å². The van der Waals surface area contributed by atoms with Crippen molar-refractivity contribution in [3.63, 3.8) is 0 Å². The molecule has 3 aromatic carbocycles. The number of benzene rings is 3. The Morgan fingerprint density at radius 3 is 1.94 bits per heavy atom. The van der Waals surface area contributed by atoms with Gasteiger partial charge >= 0.3 is 0 Å². The molecule has 34 heavy (non-hydrogen) atoms. The average molecular weight is 482 g/mol. The first-order valence-corrected chi connectivity index (χ1v) is 11.2. The van der Waals surface area contributed by atoms with Crippen LogP contribution in [0.15, 0.2) is 65.7 Å². The van der Waals surface area contributed by atoms with Gasteiger partial charge in [-0.15, -0.1) is 0 Å². The second-order valence-corrected chi connectivity index (χ2v) is 7.81. The van der Waals surface area contributed by atoms with E-state index in [1.54, 1.807) is 39.6 Å². The molecule has 0 atom stereocenters. The molecule has 0 bridgehead atoms. The van der Waals surface area contributed by atoms with Crippen molar-refractivity contribution in [1.29, 1.82) is 0 Å². The van der Waals surface area contributed by atoms with Crippen molar-refractivity contribution in [3.05, 3.63) is 82.4 Å². The summed E-state index contributed by atoms with van der Waals surface area (Å²) in [5.41, 5.74) is 2.28. The van der Waals surface area contributed by atoms with Crippen LogP contribution in [0.3, 0.4) is 0 Å². The highest BCUT2D eigenvalue weighted by Crippen LogP contribution is 2.39. The maximum Gasteiger partial charge on any atom is 0.180 e. The Hall–Kier alpha value is -3.51. The fourth-order valence-electron chi connectivity index (χ4n) is 3.22. The number of hydrogen-bond donors (Lipinski definition) is 0. The molecule has 0 saturated carbocycles. The Morgan fingerprint density at radius 2 is 1.41 bits per heavy atom. The number of ketones is 1. The Morgan fingerprint density at radius 1 is 0.853 bits per heavy atom. The highest BCUT2D eigenvalue weighted by atomic mass is 35.5. The van der Waals surface area contributed by atoms with Crippen LogP contribution in [0, 0.1) is 0 Å². The monoisotopic (exact) mass is 481 g/mol. The van der Waals surface area contributed by atoms with Crippen LogP contribution >= 0.6 is 11.6 Å². The van der Waals surface area contributed by atoms with Crippen LogP contribution in [0.25, 0.3) is 0 Å². The molecule has 0 unspecified atom stereocenters. The first kappa shape index (κ1) is 25.1. The molecule has 3 aromatic rings. The number of rotatable bonds is 12. The predicted molar refractivity (Wildman–Crippen MR) is 134 cm³/mol. The largest absolute Gasteiger partial charge is 0.497 e. The molecule has 0 aromatic heterocycles. The molecular weight excluding hydrogens is 454 g/mol. The quantitative estimate of drug-likeness (QED) is 0.228. The van der Waals surface area contributed by atoms with Crippen molar-refractivity contribution in [1.82, 2.24) is 0 Å². The lowest BCUT2D eigenvalue weighted by Crippen LogP contribution is -2.06. The van der Waals surface area contributed by atoms with E-state index in [4.69, 9.17) is 30.5 Å². The summed E-state index contributed by atoms with van der Waals surface area (Å²) in [6, 6.07) is 18.5. The molecule has 0 aliphatic carbocycles. The van der Waals surface area contributed by atoms with Gasteiger partial charge < -0.3 is 23.9 Å². The third-order valence-corrected chi connectivity index (χ3v) is 5.52. The number of aliphatic imine (C=N–C) groups is 1. The van der Waals surface area contributed by atoms with Crippen molar-refractivity contribution in [2.45, 2.75) is 26.1 Å². The molecule has 6 nitrogen and oxygen atoms in total. The number of nitrogens with zero attached hydrogens (tertiary/aromatic N) is 1. The van der Waals surface area contributed by atoms with Crippen molar-refractivity contribution >= 4 is 23.6 Å². The fourth-order valence-corrected chi connectivity index (χ4v) is 3.54. The third kappa shape index (κ3) is 6.75. The second kappa shape index (κ2) is 12.7. The predicted octanol–water partition coefficient (Wildman–Crippen LogP) is 6.18. The highest BCUT2D eigenvalue weighted by molar-refractivity contribution is 6.35. The minimum absolute atomic E-state index is 0.0825. The number of carbonyl (C=O) groups is 1. The van der Waals surface area contributed by atoms with Gasteiger partial charge in [0.25, 0.3) is 0 Å². The van der Waals surface area contributed by atoms with Gasteiger partial charge in [-0.25, -0.2) is 0 Å². The van der Waals surface area contributed by atoms with Crippen molar-refractivity contribution in [2.75, 3.05) is 21.3 Å². The molecule has 0 aliphatic heterocycles. The maximum absolute atomic E-state index is 12.7. The molecule has 0 N–H and O–H groups in total. The molecular formula is C27H28ClNO5. The first-order valence-electron chi connectivity index (χ1n) is 10.8. The van der Waals surface area contributed by atoms with E-state index in [-0.39, 0.29) is 17.4 Å². The Balaban J connectivity index is 1.82. The third-order valence-electron chi connectivity index (χ3n) is 5.14. The minimum atomic E-state index is -0.0825. The lowest BCUT2D eigenvalue weighted by molar-refractivity contribution is 0.0984. The number of Topliss-reactive ketones (excluding diaryl/α,β-unsaturated/α-hetero) is 1. The zero-order valence-electron chi connectivity index (χ0n) is 19.5. The summed E-state index contributed by atoms with van der Waals surface area (Å²) in [4.78, 5) is 16.6. The van der Waals surface area contributed by atoms with Crippen LogP contribution in [0.1, 0.15) is 34.3 Å². The summed E-state index contributed by atoms with van der Waals surface area (Å²) in [7, 11) is 4.92. The zero-order chi connectivity index (χ0) is 24.3. The zero-order valence-corrected chi connectivity index (χ0v) is 20.3. The molecule has 0 amide bonds. The van der Waals surface area contributed by atoms with E-state index >= 15 is 0 Å². The molecule has 0 radical (unpaired) electrons. The normalized spacial score (nSPS) is 10.8. The maximum atomic E-state index is 12.7. The van der Waals surface area contributed by atoms with Gasteiger partial charge in [-0.2, -0.15) is 0 Å². The lowest BCUT2D eigenvalue weighted by atomic mass is 10.1. The van der Waals surface area contributed by atoms with E-state index in [2.05, 4.69) is 4.99 Å². The lowest BCUT2D eigenvalue weighted by Gasteiger charge is -2.17. The minimum Gasteiger partial charge on any atom is -0.497 e. The number of carbonyl (C=O) groups excluding carboxylic acids is 1. The Bertz CT molecular complexity index is 1110. The highest BCUT2D eigenvalue weighted by Gasteiger charge is 2.19. The molecule has 7 heteroatoms. The Labute approximate surface area is 205 Å². The van der Waals surface area contributed by atoms with Gasteiger partial charge in [0.15, 0.2) is 17.3 Å². The standard InChI is InChI=1S/C27H28ClNO5/c1-29-16-4-5-24(30)23-14-15-25(33-17-19-6-10-21(31-2)11-7-19)27(26(23)28)34-18-20-8-12-22(32-3)13-9-20/h6-16H,4-5,17-18H2,1-3H3. The molecule has 0 fully saturated rings. The fraction of sp³-hybridized carbons (Fsp3) is 0.259. The Kier molecular flexibility index (Phi) is 9.35. The van der Waals surface area contributed by atoms with E-state index < -0.39 is 0 Å². The van der Waals surface area contributed by atoms with Gasteiger partial charge in [0.1, 0.15) is 24.7 Å². The molecule has 0 saturated heterocycles. The molecule has 0 aliphatic rings. The average Bonchev–Trinajstić information content (AvgIpc) is 2.87. The summed E-state index contributed by atoms with van der Waals surface area (Å²) < 4.78 is 22.5. The number of ether oxygens (including phenoxy) is 4. The number of hydrogen-bond acceptors (Lipinski definition) is 6. The summed E-state index contributed by atoms with van der Waals surface area (Å²) in [6.07, 6.45) is 2.56. The van der Waals surface area contributed by atoms with Crippen LogP contribution in [-0.4, -0.2) is 33.3 Å². The van der Waals surface area contributed by atoms with Gasteiger partial charge in [-0.05, 0) is 60.2 Å². The van der Waals surface area contributed by atoms with Crippen LogP contribution in [0.5, 0.6) is 23.0 Å². The van der Waals surface area contributed by atoms with E-state index in [1.807, 2.05) is 48.5 Å². The van der Waals surface area contributed by atoms with Crippen molar-refractivity contribution < 1.29 is 23.7 Å². The summed E-state index contributed by atoms with van der Waals surface area (Å²) >= 11 is 6.66. The first-order chi connectivity index (χ1) is 16.5. The van der Waals surface area contributed by atoms with Crippen molar-refractivity contribution in [2.24, 2.45) is 4.99 Å². The molecule has 178 valence electrons. The summed E-state index contributed by atoms with van der Waals surface area (Å²) in [5, 5.41) is 0.235. The van der Waals surface area contributed by atoms with Gasteiger partial charge in [0, 0.05) is 19.0 Å². The van der Waals surface area contributed by atoms with E-state index in [0.29, 0.717) is 36.5 Å². The molecule has 0 heterocycles. The van der Waals surface area contributed by atoms with Crippen molar-refractivity contribution in [3.8, 4) is 23.0 Å². The van der Waals surface area contributed by atoms with Gasteiger partial charge in [0.05, 0.1) is 19.2 Å². The van der Waals surface area contributed by atoms with Gasteiger partial charge in [-0.3, -0.25) is 4.79 Å². The van der Waals surface area contributed by atoms with E-state index in [1.165, 1.54) is 0 Å². The van der Waals surface area contributed by atoms with Crippen LogP contribution in [0.2, 0.25) is 5.02 Å². The van der Waals surface area contributed by atoms with Gasteiger partial charge in [0.2, 0.25) is 0 Å². The summed E-state index contributed by atoms with van der Waals surface area (Å²) in [5.74, 6) is 2.24. The molecule has 0 spiro atoms.